The molecule has 86 valence electrons. The molecule has 0 bridgehead atoms. The van der Waals surface area contributed by atoms with Gasteiger partial charge in [-0.05, 0) is 25.5 Å². The maximum Gasteiger partial charge on any atom is 0.217 e. The molecule has 5 heteroatoms. The summed E-state index contributed by atoms with van der Waals surface area (Å²) in [5.74, 6) is -0.465. The molecule has 0 aliphatic heterocycles. The maximum atomic E-state index is 13.1. The lowest BCUT2D eigenvalue weighted by atomic mass is 10.0. The molecule has 0 saturated carbocycles. The van der Waals surface area contributed by atoms with Gasteiger partial charge in [0.05, 0.1) is 0 Å². The van der Waals surface area contributed by atoms with Gasteiger partial charge in [-0.3, -0.25) is 0 Å². The fourth-order valence-electron chi connectivity index (χ4n) is 1.34. The fraction of sp³-hybridized carbons (Fsp3) is 0.500. The molecular weight excluding hydrogens is 217 g/mol. The van der Waals surface area contributed by atoms with E-state index >= 15 is 0 Å². The second kappa shape index (κ2) is 7.56. The Morgan fingerprint density at radius 3 is 2.73 bits per heavy atom. The average molecular weight is 234 g/mol. The molecule has 1 heterocycles. The zero-order valence-electron chi connectivity index (χ0n) is 8.53. The van der Waals surface area contributed by atoms with Crippen molar-refractivity contribution in [3.63, 3.8) is 0 Å². The summed E-state index contributed by atoms with van der Waals surface area (Å²) in [5.41, 5.74) is 11.7. The van der Waals surface area contributed by atoms with Gasteiger partial charge in [0.15, 0.2) is 0 Å². The third kappa shape index (κ3) is 4.55. The quantitative estimate of drug-likeness (QED) is 0.602. The lowest BCUT2D eigenvalue weighted by Gasteiger charge is -2.11. The standard InChI is InChI=1S/C10H16FN3.ClH/c11-10-8(4-3-7-14-10)9(13)5-1-2-6-12;/h3-4,7,9H,1-2,5-6,12-13H2;1H/t9-;/m1./s1. The van der Waals surface area contributed by atoms with Gasteiger partial charge in [-0.1, -0.05) is 12.5 Å². The fourth-order valence-corrected chi connectivity index (χ4v) is 1.34. The smallest absolute Gasteiger partial charge is 0.217 e. The number of nitrogens with zero attached hydrogens (tertiary/aromatic N) is 1. The van der Waals surface area contributed by atoms with Crippen molar-refractivity contribution in [1.29, 1.82) is 0 Å². The second-order valence-electron chi connectivity index (χ2n) is 3.27. The summed E-state index contributed by atoms with van der Waals surface area (Å²) < 4.78 is 13.1. The van der Waals surface area contributed by atoms with E-state index in [2.05, 4.69) is 4.98 Å². The van der Waals surface area contributed by atoms with Crippen molar-refractivity contribution in [3.8, 4) is 0 Å². The zero-order valence-corrected chi connectivity index (χ0v) is 9.34. The van der Waals surface area contributed by atoms with E-state index in [1.54, 1.807) is 12.1 Å². The van der Waals surface area contributed by atoms with Crippen LogP contribution in [0.4, 0.5) is 4.39 Å². The van der Waals surface area contributed by atoms with E-state index in [0.29, 0.717) is 12.1 Å². The predicted molar refractivity (Wildman–Crippen MR) is 61.3 cm³/mol. The van der Waals surface area contributed by atoms with E-state index in [1.807, 2.05) is 0 Å². The van der Waals surface area contributed by atoms with E-state index in [1.165, 1.54) is 6.20 Å². The number of hydrogen-bond donors (Lipinski definition) is 2. The zero-order chi connectivity index (χ0) is 10.4. The van der Waals surface area contributed by atoms with Crippen molar-refractivity contribution in [1.82, 2.24) is 4.98 Å². The van der Waals surface area contributed by atoms with E-state index < -0.39 is 5.95 Å². The lowest BCUT2D eigenvalue weighted by molar-refractivity contribution is 0.519. The molecule has 1 aromatic rings. The number of unbranched alkanes of at least 4 members (excludes halogenated alkanes) is 1. The van der Waals surface area contributed by atoms with Crippen LogP contribution in [0.2, 0.25) is 0 Å². The Labute approximate surface area is 95.5 Å². The Bertz CT molecular complexity index is 283. The first-order valence-corrected chi connectivity index (χ1v) is 4.81. The molecular formula is C10H17ClFN3. The van der Waals surface area contributed by atoms with Gasteiger partial charge in [0.2, 0.25) is 5.95 Å². The van der Waals surface area contributed by atoms with Crippen molar-refractivity contribution in [2.45, 2.75) is 25.3 Å². The number of halogens is 2. The summed E-state index contributed by atoms with van der Waals surface area (Å²) in [6.07, 6.45) is 4.02. The van der Waals surface area contributed by atoms with E-state index in [0.717, 1.165) is 19.3 Å². The van der Waals surface area contributed by atoms with Gasteiger partial charge >= 0.3 is 0 Å². The van der Waals surface area contributed by atoms with Crippen LogP contribution in [0, 0.1) is 5.95 Å². The minimum Gasteiger partial charge on any atom is -0.330 e. The summed E-state index contributed by atoms with van der Waals surface area (Å²) in [6.45, 7) is 0.655. The molecule has 1 rings (SSSR count). The summed E-state index contributed by atoms with van der Waals surface area (Å²) in [5, 5.41) is 0. The normalized spacial score (nSPS) is 11.9. The Balaban J connectivity index is 0.00000196. The highest BCUT2D eigenvalue weighted by Gasteiger charge is 2.10. The lowest BCUT2D eigenvalue weighted by Crippen LogP contribution is -2.13. The molecule has 15 heavy (non-hydrogen) atoms. The first kappa shape index (κ1) is 14.3. The molecule has 0 unspecified atom stereocenters. The van der Waals surface area contributed by atoms with Gasteiger partial charge < -0.3 is 11.5 Å². The minimum absolute atomic E-state index is 0. The highest BCUT2D eigenvalue weighted by molar-refractivity contribution is 5.85. The Morgan fingerprint density at radius 2 is 2.13 bits per heavy atom. The largest absolute Gasteiger partial charge is 0.330 e. The first-order chi connectivity index (χ1) is 6.75. The molecule has 0 aromatic carbocycles. The Hall–Kier alpha value is -0.710. The van der Waals surface area contributed by atoms with Gasteiger partial charge in [0.1, 0.15) is 0 Å². The molecule has 0 radical (unpaired) electrons. The molecule has 0 fully saturated rings. The van der Waals surface area contributed by atoms with E-state index in [4.69, 9.17) is 11.5 Å². The van der Waals surface area contributed by atoms with Crippen molar-refractivity contribution in [2.24, 2.45) is 11.5 Å². The second-order valence-corrected chi connectivity index (χ2v) is 3.27. The summed E-state index contributed by atoms with van der Waals surface area (Å²) in [6, 6.07) is 3.10. The van der Waals surface area contributed by atoms with Gasteiger partial charge in [-0.25, -0.2) is 4.98 Å². The van der Waals surface area contributed by atoms with Crippen molar-refractivity contribution in [2.75, 3.05) is 6.54 Å². The molecule has 0 saturated heterocycles. The predicted octanol–water partition coefficient (Wildman–Crippen LogP) is 1.77. The Kier molecular flexibility index (Phi) is 7.21. The average Bonchev–Trinajstić information content (AvgIpc) is 2.18. The molecule has 4 N–H and O–H groups in total. The number of rotatable bonds is 5. The van der Waals surface area contributed by atoms with E-state index in [9.17, 15) is 4.39 Å². The third-order valence-corrected chi connectivity index (χ3v) is 2.16. The first-order valence-electron chi connectivity index (χ1n) is 4.81. The van der Waals surface area contributed by atoms with Crippen LogP contribution in [0.5, 0.6) is 0 Å². The van der Waals surface area contributed by atoms with Crippen LogP contribution in [0.1, 0.15) is 30.9 Å². The molecule has 0 aliphatic carbocycles. The summed E-state index contributed by atoms with van der Waals surface area (Å²) >= 11 is 0. The van der Waals surface area contributed by atoms with Gasteiger partial charge in [0, 0.05) is 17.8 Å². The summed E-state index contributed by atoms with van der Waals surface area (Å²) in [7, 11) is 0. The maximum absolute atomic E-state index is 13.1. The van der Waals surface area contributed by atoms with Gasteiger partial charge in [-0.15, -0.1) is 12.4 Å². The number of pyridine rings is 1. The van der Waals surface area contributed by atoms with Crippen LogP contribution in [0.15, 0.2) is 18.3 Å². The monoisotopic (exact) mass is 233 g/mol. The number of nitrogens with two attached hydrogens (primary N) is 2. The van der Waals surface area contributed by atoms with Gasteiger partial charge in [-0.2, -0.15) is 4.39 Å². The molecule has 3 nitrogen and oxygen atoms in total. The van der Waals surface area contributed by atoms with Crippen LogP contribution < -0.4 is 11.5 Å². The number of hydrogen-bond acceptors (Lipinski definition) is 3. The van der Waals surface area contributed by atoms with Crippen LogP contribution in [0.3, 0.4) is 0 Å². The Morgan fingerprint density at radius 1 is 1.40 bits per heavy atom. The van der Waals surface area contributed by atoms with Crippen molar-refractivity contribution in [3.05, 3.63) is 29.8 Å². The van der Waals surface area contributed by atoms with Gasteiger partial charge in [0.25, 0.3) is 0 Å². The topological polar surface area (TPSA) is 64.9 Å². The number of aromatic nitrogens is 1. The SMILES string of the molecule is Cl.NCCCC[C@@H](N)c1cccnc1F. The van der Waals surface area contributed by atoms with E-state index in [-0.39, 0.29) is 18.4 Å². The highest BCUT2D eigenvalue weighted by Crippen LogP contribution is 2.17. The van der Waals surface area contributed by atoms with Crippen LogP contribution in [0.25, 0.3) is 0 Å². The van der Waals surface area contributed by atoms with Crippen LogP contribution in [-0.2, 0) is 0 Å². The molecule has 0 spiro atoms. The summed E-state index contributed by atoms with van der Waals surface area (Å²) in [4.78, 5) is 3.56. The molecule has 0 aliphatic rings. The third-order valence-electron chi connectivity index (χ3n) is 2.16. The van der Waals surface area contributed by atoms with Crippen LogP contribution in [-0.4, -0.2) is 11.5 Å². The minimum atomic E-state index is -0.465. The molecule has 1 aromatic heterocycles. The van der Waals surface area contributed by atoms with Crippen molar-refractivity contribution < 1.29 is 4.39 Å². The molecule has 1 atom stereocenters. The molecule has 0 amide bonds. The highest BCUT2D eigenvalue weighted by atomic mass is 35.5. The van der Waals surface area contributed by atoms with Crippen LogP contribution >= 0.6 is 12.4 Å². The van der Waals surface area contributed by atoms with Crippen molar-refractivity contribution >= 4 is 12.4 Å².